The number of aromatic amines is 1. The molecule has 5 rings (SSSR count). The van der Waals surface area contributed by atoms with Crippen molar-refractivity contribution in [3.8, 4) is 11.3 Å². The van der Waals surface area contributed by atoms with Crippen molar-refractivity contribution in [2.45, 2.75) is 6.92 Å². The van der Waals surface area contributed by atoms with Gasteiger partial charge in [0.1, 0.15) is 0 Å². The first-order valence-corrected chi connectivity index (χ1v) is 8.75. The van der Waals surface area contributed by atoms with E-state index >= 15 is 0 Å². The van der Waals surface area contributed by atoms with Crippen molar-refractivity contribution in [1.82, 2.24) is 20.1 Å². The van der Waals surface area contributed by atoms with Crippen molar-refractivity contribution in [3.63, 3.8) is 0 Å². The van der Waals surface area contributed by atoms with E-state index in [0.717, 1.165) is 42.2 Å². The highest BCUT2D eigenvalue weighted by molar-refractivity contribution is 5.87. The first-order valence-electron chi connectivity index (χ1n) is 8.75. The van der Waals surface area contributed by atoms with Gasteiger partial charge >= 0.3 is 0 Å². The molecule has 0 saturated carbocycles. The molecule has 1 fully saturated rings. The number of fused-ring (bicyclic) bond motifs is 2. The molecule has 0 bridgehead atoms. The Kier molecular flexibility index (Phi) is 3.10. The fourth-order valence-corrected chi connectivity index (χ4v) is 4.04. The van der Waals surface area contributed by atoms with Crippen LogP contribution in [-0.2, 0) is 0 Å². The van der Waals surface area contributed by atoms with E-state index in [1.807, 2.05) is 6.20 Å². The summed E-state index contributed by atoms with van der Waals surface area (Å²) in [5.74, 6) is 1.62. The fourth-order valence-electron chi connectivity index (χ4n) is 4.04. The Labute approximate surface area is 147 Å². The molecule has 0 radical (unpaired) electrons. The smallest absolute Gasteiger partial charge is 0.151 e. The van der Waals surface area contributed by atoms with Crippen LogP contribution in [0.1, 0.15) is 5.56 Å². The topological polar surface area (TPSA) is 48.1 Å². The predicted molar refractivity (Wildman–Crippen MR) is 100 cm³/mol. The third-order valence-corrected chi connectivity index (χ3v) is 5.39. The van der Waals surface area contributed by atoms with Crippen LogP contribution in [0.25, 0.3) is 22.2 Å². The van der Waals surface area contributed by atoms with Crippen LogP contribution in [0.4, 0.5) is 5.82 Å². The van der Waals surface area contributed by atoms with Crippen molar-refractivity contribution >= 4 is 16.7 Å². The van der Waals surface area contributed by atoms with Crippen LogP contribution in [-0.4, -0.2) is 46.8 Å². The van der Waals surface area contributed by atoms with Gasteiger partial charge in [0.05, 0.1) is 5.69 Å². The third-order valence-electron chi connectivity index (χ3n) is 5.39. The van der Waals surface area contributed by atoms with Gasteiger partial charge in [-0.3, -0.25) is 0 Å². The van der Waals surface area contributed by atoms with E-state index in [2.05, 4.69) is 75.5 Å². The molecule has 0 amide bonds. The highest BCUT2D eigenvalue weighted by Crippen LogP contribution is 2.32. The summed E-state index contributed by atoms with van der Waals surface area (Å²) in [7, 11) is 2.15. The second-order valence-electron chi connectivity index (χ2n) is 7.23. The number of hydrogen-bond donors (Lipinski definition) is 1. The number of nitrogens with zero attached hydrogens (tertiary/aromatic N) is 4. The van der Waals surface area contributed by atoms with Crippen molar-refractivity contribution < 1.29 is 0 Å². The summed E-state index contributed by atoms with van der Waals surface area (Å²) in [6, 6.07) is 10.6. The summed E-state index contributed by atoms with van der Waals surface area (Å²) >= 11 is 0. The molecule has 0 aliphatic carbocycles. The Bertz CT molecular complexity index is 969. The Hall–Kier alpha value is -2.82. The number of benzene rings is 1. The maximum atomic E-state index is 4.50. The van der Waals surface area contributed by atoms with Crippen molar-refractivity contribution in [1.29, 1.82) is 0 Å². The summed E-state index contributed by atoms with van der Waals surface area (Å²) in [5, 5.41) is 10.2. The molecule has 5 heteroatoms. The molecule has 5 nitrogen and oxygen atoms in total. The molecule has 25 heavy (non-hydrogen) atoms. The van der Waals surface area contributed by atoms with E-state index in [0.29, 0.717) is 5.92 Å². The van der Waals surface area contributed by atoms with Gasteiger partial charge in [-0.15, -0.1) is 10.2 Å². The van der Waals surface area contributed by atoms with Crippen molar-refractivity contribution in [2.24, 2.45) is 5.92 Å². The van der Waals surface area contributed by atoms with Gasteiger partial charge in [-0.05, 0) is 42.3 Å². The minimum Gasteiger partial charge on any atom is -0.380 e. The van der Waals surface area contributed by atoms with Gasteiger partial charge in [0.25, 0.3) is 0 Å². The molecule has 2 aliphatic heterocycles. The minimum atomic E-state index is 0.644. The van der Waals surface area contributed by atoms with Crippen LogP contribution >= 0.6 is 0 Å². The molecule has 2 aromatic heterocycles. The first kappa shape index (κ1) is 14.5. The Morgan fingerprint density at radius 2 is 2.04 bits per heavy atom. The molecule has 1 unspecified atom stereocenters. The molecule has 2 aliphatic rings. The number of nitrogens with one attached hydrogen (secondary N) is 1. The van der Waals surface area contributed by atoms with Crippen LogP contribution in [0.5, 0.6) is 0 Å². The third kappa shape index (κ3) is 2.38. The van der Waals surface area contributed by atoms with Crippen LogP contribution in [0, 0.1) is 12.8 Å². The molecule has 0 spiro atoms. The number of hydrogen-bond acceptors (Lipinski definition) is 4. The average molecular weight is 331 g/mol. The first-order chi connectivity index (χ1) is 12.2. The second kappa shape index (κ2) is 5.34. The maximum Gasteiger partial charge on any atom is 0.151 e. The molecule has 3 aromatic rings. The lowest BCUT2D eigenvalue weighted by Gasteiger charge is -2.18. The summed E-state index contributed by atoms with van der Waals surface area (Å²) in [6.07, 6.45) is 4.32. The number of aromatic nitrogens is 3. The van der Waals surface area contributed by atoms with Gasteiger partial charge in [-0.2, -0.15) is 0 Å². The van der Waals surface area contributed by atoms with Gasteiger partial charge in [-0.1, -0.05) is 6.07 Å². The summed E-state index contributed by atoms with van der Waals surface area (Å²) in [6.45, 7) is 5.25. The minimum absolute atomic E-state index is 0.644. The lowest BCUT2D eigenvalue weighted by atomic mass is 10.1. The quantitative estimate of drug-likeness (QED) is 0.783. The highest BCUT2D eigenvalue weighted by Gasteiger charge is 2.32. The SMILES string of the molecule is Cc1c[nH]c2ccc(-c3ccc(N4CC5=CN(C)CC5C4)nn3)cc12. The molecule has 1 saturated heterocycles. The normalized spacial score (nSPS) is 19.6. The van der Waals surface area contributed by atoms with Gasteiger partial charge in [0, 0.05) is 61.5 Å². The molecule has 1 aromatic carbocycles. The molecule has 4 heterocycles. The van der Waals surface area contributed by atoms with Gasteiger partial charge < -0.3 is 14.8 Å². The summed E-state index contributed by atoms with van der Waals surface area (Å²) < 4.78 is 0. The monoisotopic (exact) mass is 331 g/mol. The maximum absolute atomic E-state index is 4.50. The van der Waals surface area contributed by atoms with E-state index in [9.17, 15) is 0 Å². The van der Waals surface area contributed by atoms with Crippen LogP contribution < -0.4 is 4.90 Å². The standard InChI is InChI=1S/C20H21N5/c1-13-8-21-19-4-3-14(7-17(13)19)18-5-6-20(23-22-18)25-11-15-9-24(2)10-16(15)12-25/h3-9,16,21H,10-12H2,1-2H3. The van der Waals surface area contributed by atoms with E-state index in [4.69, 9.17) is 0 Å². The van der Waals surface area contributed by atoms with E-state index in [1.165, 1.54) is 16.5 Å². The largest absolute Gasteiger partial charge is 0.380 e. The summed E-state index contributed by atoms with van der Waals surface area (Å²) in [4.78, 5) is 7.90. The Balaban J connectivity index is 1.41. The zero-order valence-electron chi connectivity index (χ0n) is 14.5. The Morgan fingerprint density at radius 1 is 1.12 bits per heavy atom. The molecular weight excluding hydrogens is 310 g/mol. The number of aryl methyl sites for hydroxylation is 1. The van der Waals surface area contributed by atoms with E-state index < -0.39 is 0 Å². The summed E-state index contributed by atoms with van der Waals surface area (Å²) in [5.41, 5.74) is 5.96. The fraction of sp³-hybridized carbons (Fsp3) is 0.300. The van der Waals surface area contributed by atoms with Crippen LogP contribution in [0.15, 0.2) is 48.3 Å². The van der Waals surface area contributed by atoms with Gasteiger partial charge in [0.2, 0.25) is 0 Å². The van der Waals surface area contributed by atoms with Crippen molar-refractivity contribution in [2.75, 3.05) is 31.6 Å². The number of H-pyrrole nitrogens is 1. The zero-order chi connectivity index (χ0) is 17.0. The van der Waals surface area contributed by atoms with Crippen LogP contribution in [0.2, 0.25) is 0 Å². The number of anilines is 1. The van der Waals surface area contributed by atoms with E-state index in [1.54, 1.807) is 0 Å². The lowest BCUT2D eigenvalue weighted by Crippen LogP contribution is -2.25. The zero-order valence-corrected chi connectivity index (χ0v) is 14.5. The average Bonchev–Trinajstić information content (AvgIpc) is 3.28. The molecular formula is C20H21N5. The van der Waals surface area contributed by atoms with Crippen molar-refractivity contribution in [3.05, 3.63) is 53.9 Å². The molecule has 1 N–H and O–H groups in total. The number of rotatable bonds is 2. The highest BCUT2D eigenvalue weighted by atomic mass is 15.3. The van der Waals surface area contributed by atoms with E-state index in [-0.39, 0.29) is 0 Å². The lowest BCUT2D eigenvalue weighted by molar-refractivity contribution is 0.442. The van der Waals surface area contributed by atoms with Crippen LogP contribution in [0.3, 0.4) is 0 Å². The predicted octanol–water partition coefficient (Wildman–Crippen LogP) is 3.20. The Morgan fingerprint density at radius 3 is 2.84 bits per heavy atom. The molecule has 1 atom stereocenters. The van der Waals surface area contributed by atoms with Gasteiger partial charge in [0.15, 0.2) is 5.82 Å². The van der Waals surface area contributed by atoms with Gasteiger partial charge in [-0.25, -0.2) is 0 Å². The molecule has 126 valence electrons. The second-order valence-corrected chi connectivity index (χ2v) is 7.23.